The summed E-state index contributed by atoms with van der Waals surface area (Å²) in [6.45, 7) is 11.0. The molecule has 0 radical (unpaired) electrons. The molecular weight excluding hydrogens is 572 g/mol. The van der Waals surface area contributed by atoms with E-state index in [4.69, 9.17) is 24.2 Å². The lowest BCUT2D eigenvalue weighted by molar-refractivity contribution is 0.0122. The zero-order chi connectivity index (χ0) is 31.2. The largest absolute Gasteiger partial charge is 0.461 e. The van der Waals surface area contributed by atoms with E-state index in [9.17, 15) is 9.59 Å². The minimum Gasteiger partial charge on any atom is -0.461 e. The third kappa shape index (κ3) is 6.15. The van der Waals surface area contributed by atoms with Crippen molar-refractivity contribution in [3.63, 3.8) is 0 Å². The van der Waals surface area contributed by atoms with E-state index in [-0.39, 0.29) is 36.4 Å². The van der Waals surface area contributed by atoms with Crippen molar-refractivity contribution in [2.45, 2.75) is 102 Å². The van der Waals surface area contributed by atoms with Crippen molar-refractivity contribution < 1.29 is 23.8 Å². The van der Waals surface area contributed by atoms with Crippen molar-refractivity contribution in [2.75, 3.05) is 44.2 Å². The number of piperazine rings is 1. The van der Waals surface area contributed by atoms with Gasteiger partial charge in [-0.2, -0.15) is 9.97 Å². The minimum atomic E-state index is -0.534. The van der Waals surface area contributed by atoms with Crippen molar-refractivity contribution >= 4 is 18.0 Å². The van der Waals surface area contributed by atoms with E-state index >= 15 is 0 Å². The van der Waals surface area contributed by atoms with Crippen LogP contribution in [0.25, 0.3) is 0 Å². The second-order valence-electron chi connectivity index (χ2n) is 14.4. The van der Waals surface area contributed by atoms with Crippen LogP contribution >= 0.6 is 0 Å². The van der Waals surface area contributed by atoms with E-state index in [1.165, 1.54) is 12.8 Å². The van der Waals surface area contributed by atoms with Crippen molar-refractivity contribution in [1.82, 2.24) is 24.7 Å². The fourth-order valence-corrected chi connectivity index (χ4v) is 8.03. The van der Waals surface area contributed by atoms with Gasteiger partial charge in [-0.1, -0.05) is 30.3 Å². The molecule has 2 aromatic rings. The highest BCUT2D eigenvalue weighted by atomic mass is 16.6. The van der Waals surface area contributed by atoms with Gasteiger partial charge in [0.1, 0.15) is 24.6 Å². The first kappa shape index (κ1) is 30.1. The Labute approximate surface area is 265 Å². The van der Waals surface area contributed by atoms with Crippen LogP contribution in [0.15, 0.2) is 30.3 Å². The molecule has 2 atom stereocenters. The number of anilines is 1. The Kier molecular flexibility index (Phi) is 8.00. The Morgan fingerprint density at radius 3 is 2.36 bits per heavy atom. The molecule has 0 N–H and O–H groups in total. The van der Waals surface area contributed by atoms with Gasteiger partial charge in [0, 0.05) is 25.2 Å². The van der Waals surface area contributed by atoms with Crippen LogP contribution in [-0.4, -0.2) is 99.4 Å². The number of amides is 2. The molecule has 6 heterocycles. The Morgan fingerprint density at radius 2 is 1.67 bits per heavy atom. The Balaban J connectivity index is 1.12. The third-order valence-corrected chi connectivity index (χ3v) is 10.2. The highest BCUT2D eigenvalue weighted by Gasteiger charge is 2.47. The lowest BCUT2D eigenvalue weighted by atomic mass is 9.95. The second kappa shape index (κ2) is 12.0. The Morgan fingerprint density at radius 1 is 0.956 bits per heavy atom. The van der Waals surface area contributed by atoms with Crippen LogP contribution in [-0.2, 0) is 29.0 Å². The number of carbonyl (C=O) groups excluding carboxylic acids is 2. The minimum absolute atomic E-state index is 0.0612. The number of hydrogen-bond donors (Lipinski definition) is 0. The number of rotatable bonds is 6. The predicted molar refractivity (Wildman–Crippen MR) is 168 cm³/mol. The summed E-state index contributed by atoms with van der Waals surface area (Å²) < 4.78 is 17.9. The summed E-state index contributed by atoms with van der Waals surface area (Å²) >= 11 is 0. The number of ether oxygens (including phenoxy) is 3. The molecule has 1 aromatic heterocycles. The summed E-state index contributed by atoms with van der Waals surface area (Å²) in [5, 5.41) is 0. The van der Waals surface area contributed by atoms with Gasteiger partial charge in [0.25, 0.3) is 0 Å². The molecule has 4 saturated heterocycles. The van der Waals surface area contributed by atoms with Gasteiger partial charge in [-0.3, -0.25) is 9.80 Å². The normalized spacial score (nSPS) is 23.9. The van der Waals surface area contributed by atoms with Crippen LogP contribution in [0.5, 0.6) is 6.01 Å². The number of nitrogens with zero attached hydrogens (tertiary/aromatic N) is 6. The molecule has 2 unspecified atom stereocenters. The molecule has 11 nitrogen and oxygen atoms in total. The summed E-state index contributed by atoms with van der Waals surface area (Å²) in [4.78, 5) is 44.8. The summed E-state index contributed by atoms with van der Waals surface area (Å²) in [6, 6.07) is 10.2. The first-order chi connectivity index (χ1) is 21.7. The van der Waals surface area contributed by atoms with E-state index in [2.05, 4.69) is 9.80 Å². The van der Waals surface area contributed by atoms with Crippen LogP contribution in [0.3, 0.4) is 0 Å². The molecule has 45 heavy (non-hydrogen) atoms. The molecule has 2 bridgehead atoms. The smallest absolute Gasteiger partial charge is 0.410 e. The fourth-order valence-electron chi connectivity index (χ4n) is 8.03. The van der Waals surface area contributed by atoms with Crippen molar-refractivity contribution in [2.24, 2.45) is 0 Å². The van der Waals surface area contributed by atoms with Crippen molar-refractivity contribution in [3.8, 4) is 6.01 Å². The predicted octanol–water partition coefficient (Wildman–Crippen LogP) is 4.77. The van der Waals surface area contributed by atoms with Gasteiger partial charge in [-0.25, -0.2) is 9.59 Å². The monoisotopic (exact) mass is 618 g/mol. The van der Waals surface area contributed by atoms with Crippen molar-refractivity contribution in [1.29, 1.82) is 0 Å². The van der Waals surface area contributed by atoms with Crippen LogP contribution in [0, 0.1) is 0 Å². The number of fused-ring (bicyclic) bond motifs is 4. The number of hydrogen-bond acceptors (Lipinski definition) is 9. The Hall–Kier alpha value is -3.60. The molecule has 5 aliphatic heterocycles. The molecule has 7 rings (SSSR count). The molecule has 0 spiro atoms. The lowest BCUT2D eigenvalue weighted by Gasteiger charge is -2.42. The number of aromatic nitrogens is 2. The van der Waals surface area contributed by atoms with E-state index in [0.717, 1.165) is 61.4 Å². The van der Waals surface area contributed by atoms with Gasteiger partial charge < -0.3 is 24.0 Å². The van der Waals surface area contributed by atoms with Gasteiger partial charge in [-0.15, -0.1) is 0 Å². The zero-order valence-corrected chi connectivity index (χ0v) is 26.9. The number of carbonyl (C=O) groups is 2. The number of benzene rings is 1. The van der Waals surface area contributed by atoms with Crippen molar-refractivity contribution in [3.05, 3.63) is 47.2 Å². The van der Waals surface area contributed by atoms with Gasteiger partial charge in [-0.05, 0) is 84.4 Å². The molecule has 11 heteroatoms. The SMILES string of the molecule is CC(C)(C)OC(=O)N1C2CCC1CN(c1nc(OCC34CCCN3CCC4)nc3c1CCN(C(=O)OCc1ccccc1)C3)C2. The van der Waals surface area contributed by atoms with Crippen LogP contribution in [0.2, 0.25) is 0 Å². The zero-order valence-electron chi connectivity index (χ0n) is 26.9. The molecular formula is C34H46N6O5. The van der Waals surface area contributed by atoms with E-state index in [0.29, 0.717) is 45.2 Å². The summed E-state index contributed by atoms with van der Waals surface area (Å²) in [5.41, 5.74) is 2.36. The molecule has 0 aliphatic carbocycles. The molecule has 5 aliphatic rings. The van der Waals surface area contributed by atoms with Gasteiger partial charge in [0.05, 0.1) is 29.9 Å². The van der Waals surface area contributed by atoms with Crippen LogP contribution in [0.4, 0.5) is 15.4 Å². The maximum atomic E-state index is 13.1. The second-order valence-corrected chi connectivity index (χ2v) is 14.4. The summed E-state index contributed by atoms with van der Waals surface area (Å²) in [5.74, 6) is 0.875. The molecule has 4 fully saturated rings. The maximum absolute atomic E-state index is 13.1. The summed E-state index contributed by atoms with van der Waals surface area (Å²) in [6.07, 6.45) is 6.61. The van der Waals surface area contributed by atoms with Gasteiger partial charge in [0.2, 0.25) is 0 Å². The molecule has 1 aromatic carbocycles. The average molecular weight is 619 g/mol. The molecule has 2 amide bonds. The highest BCUT2D eigenvalue weighted by molar-refractivity contribution is 5.71. The third-order valence-electron chi connectivity index (χ3n) is 10.2. The van der Waals surface area contributed by atoms with Gasteiger partial charge >= 0.3 is 18.2 Å². The van der Waals surface area contributed by atoms with E-state index < -0.39 is 5.60 Å². The highest BCUT2D eigenvalue weighted by Crippen LogP contribution is 2.40. The molecule has 242 valence electrons. The topological polar surface area (TPSA) is 101 Å². The maximum Gasteiger partial charge on any atom is 0.410 e. The fraction of sp³-hybridized carbons (Fsp3) is 0.647. The van der Waals surface area contributed by atoms with Crippen LogP contribution < -0.4 is 9.64 Å². The first-order valence-corrected chi connectivity index (χ1v) is 16.7. The quantitative estimate of drug-likeness (QED) is 0.453. The first-order valence-electron chi connectivity index (χ1n) is 16.7. The molecule has 0 saturated carbocycles. The van der Waals surface area contributed by atoms with Gasteiger partial charge in [0.15, 0.2) is 0 Å². The lowest BCUT2D eigenvalue weighted by Crippen LogP contribution is -2.57. The van der Waals surface area contributed by atoms with Crippen LogP contribution in [0.1, 0.15) is 76.1 Å². The summed E-state index contributed by atoms with van der Waals surface area (Å²) in [7, 11) is 0. The van der Waals surface area contributed by atoms with E-state index in [1.807, 2.05) is 56.0 Å². The van der Waals surface area contributed by atoms with E-state index in [1.54, 1.807) is 4.90 Å². The standard InChI is InChI=1S/C34H46N6O5/c1-33(2,3)45-32(42)40-25-11-12-26(40)20-38(19-25)29-27-13-18-37(31(41)43-22-24-9-5-4-6-10-24)21-28(27)35-30(36-29)44-23-34-14-7-16-39(34)17-8-15-34/h4-6,9-10,25-26H,7-8,11-23H2,1-3H3. The average Bonchev–Trinajstić information content (AvgIpc) is 3.68. The Bertz CT molecular complexity index is 1390.